The molecule has 0 aliphatic carbocycles. The Morgan fingerprint density at radius 3 is 0.500 bits per heavy atom. The summed E-state index contributed by atoms with van der Waals surface area (Å²) in [5, 5.41) is 0. The Morgan fingerprint density at radius 2 is 0.284 bits per heavy atom. The van der Waals surface area contributed by atoms with Crippen molar-refractivity contribution in [3.8, 4) is 77.9 Å². The second-order valence-corrected chi connectivity index (χ2v) is 18.6. The van der Waals surface area contributed by atoms with Crippen LogP contribution < -0.4 is 9.80 Å². The fraction of sp³-hybridized carbons (Fsp3) is 0. The minimum absolute atomic E-state index is 1.07. The highest BCUT2D eigenvalue weighted by Gasteiger charge is 2.18. The Labute approximate surface area is 435 Å². The fourth-order valence-corrected chi connectivity index (χ4v) is 9.99. The minimum atomic E-state index is 1.07. The summed E-state index contributed by atoms with van der Waals surface area (Å²) in [6.45, 7) is 0. The third-order valence-electron chi connectivity index (χ3n) is 13.9. The van der Waals surface area contributed by atoms with Gasteiger partial charge in [0.1, 0.15) is 0 Å². The van der Waals surface area contributed by atoms with E-state index in [1.165, 1.54) is 55.6 Å². The van der Waals surface area contributed by atoms with Crippen LogP contribution in [0.3, 0.4) is 0 Å². The molecule has 12 aromatic rings. The molecule has 0 radical (unpaired) electrons. The Kier molecular flexibility index (Phi) is 12.8. The van der Waals surface area contributed by atoms with E-state index in [-0.39, 0.29) is 0 Å². The molecule has 0 aliphatic heterocycles. The van der Waals surface area contributed by atoms with E-state index in [4.69, 9.17) is 0 Å². The van der Waals surface area contributed by atoms with Crippen LogP contribution in [0.25, 0.3) is 77.9 Å². The average molecular weight is 945 g/mol. The van der Waals surface area contributed by atoms with E-state index in [0.717, 1.165) is 56.4 Å². The molecule has 0 atom stereocenters. The first-order valence-electron chi connectivity index (χ1n) is 25.3. The standard InChI is InChI=1S/C72H52N2/c1-6-16-53(17-7-1)58-26-28-59(29-27-58)62-34-42-68(43-35-62)73(67-40-30-60(31-41-67)54-18-8-2-9-19-54)69-44-36-63(37-45-69)64-38-48-71(49-39-64)74(70-46-32-61(33-47-70)55-20-10-3-11-21-55)72-51-65(56-22-12-4-13-23-56)50-66(52-72)57-24-14-5-15-25-57/h1-52H. The van der Waals surface area contributed by atoms with Crippen molar-refractivity contribution in [1.29, 1.82) is 0 Å². The van der Waals surface area contributed by atoms with Crippen molar-refractivity contribution in [3.05, 3.63) is 315 Å². The van der Waals surface area contributed by atoms with Crippen LogP contribution in [0.5, 0.6) is 0 Å². The van der Waals surface area contributed by atoms with E-state index in [0.29, 0.717) is 0 Å². The molecule has 0 amide bonds. The van der Waals surface area contributed by atoms with Gasteiger partial charge < -0.3 is 9.80 Å². The Bertz CT molecular complexity index is 3670. The van der Waals surface area contributed by atoms with E-state index in [2.05, 4.69) is 325 Å². The van der Waals surface area contributed by atoms with Crippen molar-refractivity contribution in [2.75, 3.05) is 9.80 Å². The lowest BCUT2D eigenvalue weighted by Gasteiger charge is -2.27. The molecule has 0 fully saturated rings. The lowest BCUT2D eigenvalue weighted by atomic mass is 9.97. The van der Waals surface area contributed by atoms with E-state index < -0.39 is 0 Å². The van der Waals surface area contributed by atoms with Gasteiger partial charge in [0.05, 0.1) is 0 Å². The van der Waals surface area contributed by atoms with Crippen molar-refractivity contribution in [2.45, 2.75) is 0 Å². The summed E-state index contributed by atoms with van der Waals surface area (Å²) >= 11 is 0. The van der Waals surface area contributed by atoms with Crippen LogP contribution in [0.15, 0.2) is 315 Å². The fourth-order valence-electron chi connectivity index (χ4n) is 9.99. The van der Waals surface area contributed by atoms with Crippen LogP contribution >= 0.6 is 0 Å². The molecule has 12 rings (SSSR count). The smallest absolute Gasteiger partial charge is 0.0473 e. The molecular weight excluding hydrogens is 893 g/mol. The van der Waals surface area contributed by atoms with E-state index >= 15 is 0 Å². The molecule has 0 saturated carbocycles. The van der Waals surface area contributed by atoms with Crippen LogP contribution in [0.4, 0.5) is 34.1 Å². The average Bonchev–Trinajstić information content (AvgIpc) is 3.49. The molecule has 350 valence electrons. The van der Waals surface area contributed by atoms with Gasteiger partial charge >= 0.3 is 0 Å². The summed E-state index contributed by atoms with van der Waals surface area (Å²) < 4.78 is 0. The van der Waals surface area contributed by atoms with Crippen LogP contribution in [-0.4, -0.2) is 0 Å². The van der Waals surface area contributed by atoms with E-state index in [1.54, 1.807) is 0 Å². The Morgan fingerprint density at radius 1 is 0.122 bits per heavy atom. The van der Waals surface area contributed by atoms with Gasteiger partial charge in [-0.1, -0.05) is 237 Å². The van der Waals surface area contributed by atoms with E-state index in [1.807, 2.05) is 0 Å². The molecule has 0 unspecified atom stereocenters. The molecule has 0 aliphatic rings. The summed E-state index contributed by atoms with van der Waals surface area (Å²) in [5.41, 5.74) is 23.0. The quantitative estimate of drug-likeness (QED) is 0.114. The normalized spacial score (nSPS) is 11.0. The number of anilines is 6. The van der Waals surface area contributed by atoms with Gasteiger partial charge in [-0.25, -0.2) is 0 Å². The predicted molar refractivity (Wildman–Crippen MR) is 314 cm³/mol. The SMILES string of the molecule is c1ccc(-c2ccc(-c3ccc(N(c4ccc(-c5ccccc5)cc4)c4ccc(-c5ccc(N(c6ccc(-c7ccccc7)cc6)c6cc(-c7ccccc7)cc(-c7ccccc7)c6)cc5)cc4)cc3)cc2)cc1. The lowest BCUT2D eigenvalue weighted by Crippen LogP contribution is -2.10. The second-order valence-electron chi connectivity index (χ2n) is 18.6. The van der Waals surface area contributed by atoms with Crippen LogP contribution in [-0.2, 0) is 0 Å². The molecule has 2 nitrogen and oxygen atoms in total. The molecule has 0 heterocycles. The Balaban J connectivity index is 0.882. The van der Waals surface area contributed by atoms with Gasteiger partial charge in [-0.2, -0.15) is 0 Å². The van der Waals surface area contributed by atoms with Crippen molar-refractivity contribution >= 4 is 34.1 Å². The third-order valence-corrected chi connectivity index (χ3v) is 13.9. The first kappa shape index (κ1) is 45.4. The maximum atomic E-state index is 2.38. The summed E-state index contributed by atoms with van der Waals surface area (Å²) in [5.74, 6) is 0. The summed E-state index contributed by atoms with van der Waals surface area (Å²) in [7, 11) is 0. The topological polar surface area (TPSA) is 6.48 Å². The first-order chi connectivity index (χ1) is 36.7. The van der Waals surface area contributed by atoms with Gasteiger partial charge in [-0.05, 0) is 157 Å². The molecule has 0 aromatic heterocycles. The number of benzene rings is 12. The van der Waals surface area contributed by atoms with Gasteiger partial charge in [-0.15, -0.1) is 0 Å². The predicted octanol–water partition coefficient (Wildman–Crippen LogP) is 20.3. The highest BCUT2D eigenvalue weighted by atomic mass is 15.1. The molecule has 0 saturated heterocycles. The van der Waals surface area contributed by atoms with Crippen molar-refractivity contribution in [3.63, 3.8) is 0 Å². The van der Waals surface area contributed by atoms with Crippen LogP contribution in [0.1, 0.15) is 0 Å². The zero-order valence-corrected chi connectivity index (χ0v) is 40.9. The number of nitrogens with zero attached hydrogens (tertiary/aromatic N) is 2. The largest absolute Gasteiger partial charge is 0.311 e. The van der Waals surface area contributed by atoms with Gasteiger partial charge in [0, 0.05) is 34.1 Å². The zero-order chi connectivity index (χ0) is 49.5. The number of hydrogen-bond acceptors (Lipinski definition) is 2. The van der Waals surface area contributed by atoms with Gasteiger partial charge in [0.2, 0.25) is 0 Å². The maximum Gasteiger partial charge on any atom is 0.0473 e. The molecular formula is C72H52N2. The Hall–Kier alpha value is -9.76. The molecule has 74 heavy (non-hydrogen) atoms. The lowest BCUT2D eigenvalue weighted by molar-refractivity contribution is 1.28. The van der Waals surface area contributed by atoms with E-state index in [9.17, 15) is 0 Å². The van der Waals surface area contributed by atoms with Crippen molar-refractivity contribution in [1.82, 2.24) is 0 Å². The van der Waals surface area contributed by atoms with Gasteiger partial charge in [0.25, 0.3) is 0 Å². The molecule has 2 heteroatoms. The zero-order valence-electron chi connectivity index (χ0n) is 40.9. The monoisotopic (exact) mass is 944 g/mol. The minimum Gasteiger partial charge on any atom is -0.311 e. The van der Waals surface area contributed by atoms with Crippen LogP contribution in [0, 0.1) is 0 Å². The van der Waals surface area contributed by atoms with Gasteiger partial charge in [0.15, 0.2) is 0 Å². The molecule has 12 aromatic carbocycles. The number of hydrogen-bond donors (Lipinski definition) is 0. The van der Waals surface area contributed by atoms with Crippen LogP contribution in [0.2, 0.25) is 0 Å². The highest BCUT2D eigenvalue weighted by molar-refractivity contribution is 5.87. The van der Waals surface area contributed by atoms with Gasteiger partial charge in [-0.3, -0.25) is 0 Å². The van der Waals surface area contributed by atoms with Crippen molar-refractivity contribution in [2.24, 2.45) is 0 Å². The number of rotatable bonds is 13. The first-order valence-corrected chi connectivity index (χ1v) is 25.3. The maximum absolute atomic E-state index is 2.38. The molecule has 0 spiro atoms. The summed E-state index contributed by atoms with van der Waals surface area (Å²) in [6, 6.07) is 114. The second kappa shape index (κ2) is 20.9. The van der Waals surface area contributed by atoms with Crippen molar-refractivity contribution < 1.29 is 0 Å². The summed E-state index contributed by atoms with van der Waals surface area (Å²) in [6.07, 6.45) is 0. The molecule has 0 bridgehead atoms. The third kappa shape index (κ3) is 9.81. The highest BCUT2D eigenvalue weighted by Crippen LogP contribution is 2.42. The molecule has 0 N–H and O–H groups in total. The summed E-state index contributed by atoms with van der Waals surface area (Å²) in [4.78, 5) is 4.73.